The predicted octanol–water partition coefficient (Wildman–Crippen LogP) is 3.81. The average Bonchev–Trinajstić information content (AvgIpc) is 2.63. The largest absolute Gasteiger partial charge is 0.497 e. The highest BCUT2D eigenvalue weighted by Gasteiger charge is 2.12. The molecule has 0 spiro atoms. The molecule has 2 aromatic carbocycles. The number of Topliss-reactive ketones (excluding diaryl/α,β-unsaturated/α-hetero) is 1. The molecular formula is C20H20BrN2O2+. The Bertz CT molecular complexity index is 829. The van der Waals surface area contributed by atoms with Gasteiger partial charge in [0, 0.05) is 17.2 Å². The molecule has 25 heavy (non-hydrogen) atoms. The smallest absolute Gasteiger partial charge is 0.287 e. The third-order valence-electron chi connectivity index (χ3n) is 3.85. The maximum absolute atomic E-state index is 12.3. The molecule has 5 heteroatoms. The lowest BCUT2D eigenvalue weighted by atomic mass is 10.1. The zero-order valence-electron chi connectivity index (χ0n) is 14.2. The molecular weight excluding hydrogens is 380 g/mol. The van der Waals surface area contributed by atoms with Gasteiger partial charge < -0.3 is 4.74 Å². The van der Waals surface area contributed by atoms with Crippen molar-refractivity contribution in [2.75, 3.05) is 7.11 Å². The summed E-state index contributed by atoms with van der Waals surface area (Å²) in [5.74, 6) is 0.774. The number of aromatic nitrogens is 2. The Hall–Kier alpha value is -2.53. The van der Waals surface area contributed by atoms with Crippen molar-refractivity contribution in [2.45, 2.75) is 13.5 Å². The van der Waals surface area contributed by atoms with Crippen LogP contribution in [0.25, 0.3) is 11.3 Å². The van der Waals surface area contributed by atoms with E-state index in [2.05, 4.69) is 24.0 Å². The van der Waals surface area contributed by atoms with Gasteiger partial charge in [0.15, 0.2) is 12.2 Å². The molecule has 3 aromatic rings. The molecule has 0 aliphatic carbocycles. The predicted molar refractivity (Wildman–Crippen MR) is 102 cm³/mol. The molecule has 0 atom stereocenters. The number of halogens is 1. The molecule has 0 amide bonds. The first-order chi connectivity index (χ1) is 11.7. The minimum absolute atomic E-state index is 0. The summed E-state index contributed by atoms with van der Waals surface area (Å²) < 4.78 is 6.89. The lowest BCUT2D eigenvalue weighted by molar-refractivity contribution is -0.686. The topological polar surface area (TPSA) is 43.1 Å². The molecule has 4 nitrogen and oxygen atoms in total. The fourth-order valence-electron chi connectivity index (χ4n) is 2.41. The zero-order chi connectivity index (χ0) is 16.9. The van der Waals surface area contributed by atoms with Crippen molar-refractivity contribution in [3.05, 3.63) is 78.2 Å². The third-order valence-corrected chi connectivity index (χ3v) is 3.85. The standard InChI is InChI=1S/C20H19N2O2.BrH/c1-15-3-5-16(6-4-15)19-11-12-22(14-21-19)13-20(23)17-7-9-18(24-2)10-8-17;/h3-12,14H,13H2,1-2H3;1H/q+1;. The van der Waals surface area contributed by atoms with E-state index in [0.29, 0.717) is 5.56 Å². The van der Waals surface area contributed by atoms with Gasteiger partial charge in [-0.1, -0.05) is 29.8 Å². The van der Waals surface area contributed by atoms with Crippen LogP contribution in [0.1, 0.15) is 15.9 Å². The van der Waals surface area contributed by atoms with Crippen LogP contribution in [0.2, 0.25) is 0 Å². The molecule has 3 rings (SSSR count). The van der Waals surface area contributed by atoms with Gasteiger partial charge in [-0.15, -0.1) is 17.0 Å². The van der Waals surface area contributed by atoms with Crippen LogP contribution in [0.5, 0.6) is 5.75 Å². The number of rotatable bonds is 5. The summed E-state index contributed by atoms with van der Waals surface area (Å²) in [4.78, 5) is 16.8. The molecule has 0 fully saturated rings. The Balaban J connectivity index is 0.00000225. The van der Waals surface area contributed by atoms with Crippen molar-refractivity contribution in [2.24, 2.45) is 0 Å². The van der Waals surface area contributed by atoms with Crippen molar-refractivity contribution in [3.8, 4) is 17.0 Å². The number of ether oxygens (including phenoxy) is 1. The Morgan fingerprint density at radius 1 is 1.04 bits per heavy atom. The van der Waals surface area contributed by atoms with Crippen molar-refractivity contribution in [1.82, 2.24) is 4.98 Å². The van der Waals surface area contributed by atoms with E-state index in [0.717, 1.165) is 17.0 Å². The van der Waals surface area contributed by atoms with Gasteiger partial charge in [-0.2, -0.15) is 0 Å². The van der Waals surface area contributed by atoms with Gasteiger partial charge in [-0.05, 0) is 36.2 Å². The molecule has 0 aliphatic rings. The van der Waals surface area contributed by atoms with E-state index >= 15 is 0 Å². The molecule has 1 aromatic heterocycles. The van der Waals surface area contributed by atoms with E-state index in [1.165, 1.54) is 5.56 Å². The first kappa shape index (κ1) is 18.8. The number of hydrogen-bond donors (Lipinski definition) is 0. The Labute approximate surface area is 157 Å². The summed E-state index contributed by atoms with van der Waals surface area (Å²) in [6.45, 7) is 2.31. The van der Waals surface area contributed by atoms with Gasteiger partial charge in [0.1, 0.15) is 5.75 Å². The number of ketones is 1. The fourth-order valence-corrected chi connectivity index (χ4v) is 2.41. The molecule has 0 bridgehead atoms. The minimum atomic E-state index is 0. The molecule has 0 unspecified atom stereocenters. The molecule has 0 saturated carbocycles. The van der Waals surface area contributed by atoms with Crippen LogP contribution >= 0.6 is 17.0 Å². The number of nitrogens with zero attached hydrogens (tertiary/aromatic N) is 2. The average molecular weight is 400 g/mol. The summed E-state index contributed by atoms with van der Waals surface area (Å²) >= 11 is 0. The monoisotopic (exact) mass is 399 g/mol. The summed E-state index contributed by atoms with van der Waals surface area (Å²) in [6.07, 6.45) is 3.57. The van der Waals surface area contributed by atoms with E-state index < -0.39 is 0 Å². The van der Waals surface area contributed by atoms with Gasteiger partial charge in [-0.25, -0.2) is 4.57 Å². The van der Waals surface area contributed by atoms with Crippen molar-refractivity contribution >= 4 is 22.8 Å². The molecule has 0 radical (unpaired) electrons. The maximum atomic E-state index is 12.3. The number of hydrogen-bond acceptors (Lipinski definition) is 3. The van der Waals surface area contributed by atoms with Crippen LogP contribution in [-0.4, -0.2) is 17.9 Å². The number of methoxy groups -OCH3 is 1. The van der Waals surface area contributed by atoms with Crippen LogP contribution in [0.4, 0.5) is 0 Å². The highest BCUT2D eigenvalue weighted by atomic mass is 79.9. The fraction of sp³-hybridized carbons (Fsp3) is 0.150. The third kappa shape index (κ3) is 4.73. The molecule has 1 heterocycles. The normalized spacial score (nSPS) is 10.0. The summed E-state index contributed by atoms with van der Waals surface area (Å²) in [5.41, 5.74) is 3.83. The van der Waals surface area contributed by atoms with Gasteiger partial charge >= 0.3 is 0 Å². The lowest BCUT2D eigenvalue weighted by Gasteiger charge is -2.03. The van der Waals surface area contributed by atoms with Crippen LogP contribution in [0.3, 0.4) is 0 Å². The van der Waals surface area contributed by atoms with Gasteiger partial charge in [0.2, 0.25) is 5.78 Å². The second-order valence-corrected chi connectivity index (χ2v) is 5.64. The van der Waals surface area contributed by atoms with Gasteiger partial charge in [0.05, 0.1) is 13.3 Å². The Morgan fingerprint density at radius 2 is 1.72 bits per heavy atom. The summed E-state index contributed by atoms with van der Waals surface area (Å²) in [5, 5.41) is 0. The number of carbonyl (C=O) groups is 1. The van der Waals surface area contributed by atoms with Crippen LogP contribution < -0.4 is 9.30 Å². The first-order valence-electron chi connectivity index (χ1n) is 7.75. The second kappa shape index (κ2) is 8.53. The van der Waals surface area contributed by atoms with E-state index in [1.807, 2.05) is 24.4 Å². The maximum Gasteiger partial charge on any atom is 0.287 e. The van der Waals surface area contributed by atoms with E-state index in [1.54, 1.807) is 42.3 Å². The number of benzene rings is 2. The van der Waals surface area contributed by atoms with E-state index in [-0.39, 0.29) is 29.3 Å². The van der Waals surface area contributed by atoms with E-state index in [9.17, 15) is 4.79 Å². The molecule has 0 N–H and O–H groups in total. The van der Waals surface area contributed by atoms with Crippen molar-refractivity contribution in [3.63, 3.8) is 0 Å². The van der Waals surface area contributed by atoms with Crippen molar-refractivity contribution < 1.29 is 14.1 Å². The van der Waals surface area contributed by atoms with Crippen LogP contribution in [0, 0.1) is 6.92 Å². The Morgan fingerprint density at radius 3 is 2.28 bits per heavy atom. The molecule has 0 saturated heterocycles. The highest BCUT2D eigenvalue weighted by Crippen LogP contribution is 2.16. The number of carbonyl (C=O) groups excluding carboxylic acids is 1. The SMILES string of the molecule is Br.COc1ccc(C(=O)C[n+]2ccc(-c3ccc(C)cc3)nc2)cc1. The lowest BCUT2D eigenvalue weighted by Crippen LogP contribution is -2.37. The van der Waals surface area contributed by atoms with Gasteiger partial charge in [-0.3, -0.25) is 4.79 Å². The zero-order valence-corrected chi connectivity index (χ0v) is 15.9. The summed E-state index contributed by atoms with van der Waals surface area (Å²) in [6, 6.07) is 17.3. The van der Waals surface area contributed by atoms with Crippen molar-refractivity contribution in [1.29, 1.82) is 0 Å². The second-order valence-electron chi connectivity index (χ2n) is 5.64. The number of aryl methyl sites for hydroxylation is 1. The van der Waals surface area contributed by atoms with E-state index in [4.69, 9.17) is 4.74 Å². The van der Waals surface area contributed by atoms with Crippen LogP contribution in [-0.2, 0) is 6.54 Å². The highest BCUT2D eigenvalue weighted by molar-refractivity contribution is 8.93. The molecule has 128 valence electrons. The quantitative estimate of drug-likeness (QED) is 0.483. The Kier molecular flexibility index (Phi) is 6.42. The first-order valence-corrected chi connectivity index (χ1v) is 7.75. The van der Waals surface area contributed by atoms with Crippen LogP contribution in [0.15, 0.2) is 67.1 Å². The minimum Gasteiger partial charge on any atom is -0.497 e. The summed E-state index contributed by atoms with van der Waals surface area (Å²) in [7, 11) is 1.61. The molecule has 0 aliphatic heterocycles. The van der Waals surface area contributed by atoms with Gasteiger partial charge in [0.25, 0.3) is 6.33 Å².